The Labute approximate surface area is 157 Å². The summed E-state index contributed by atoms with van der Waals surface area (Å²) in [7, 11) is -3.37. The minimum Gasteiger partial charge on any atom is -0.322 e. The van der Waals surface area contributed by atoms with E-state index in [1.54, 1.807) is 24.3 Å². The van der Waals surface area contributed by atoms with Crippen molar-refractivity contribution < 1.29 is 13.2 Å². The summed E-state index contributed by atoms with van der Waals surface area (Å²) >= 11 is 5.97. The maximum atomic E-state index is 12.5. The first-order valence-electron chi connectivity index (χ1n) is 7.84. The quantitative estimate of drug-likeness (QED) is 0.872. The molecule has 1 amide bonds. The Balaban J connectivity index is 1.86. The molecule has 1 unspecified atom stereocenters. The van der Waals surface area contributed by atoms with Gasteiger partial charge in [-0.1, -0.05) is 11.6 Å². The van der Waals surface area contributed by atoms with Gasteiger partial charge in [0.25, 0.3) is 5.91 Å². The van der Waals surface area contributed by atoms with E-state index in [1.165, 1.54) is 22.7 Å². The standard InChI is InChI=1S/C18H16ClN3O3S/c1-11-7-14-8-12(4-6-17(14)22(11)26(2,24)25)18(23)21-15-5-3-13(10-20)16(19)9-15/h3-6,8-9,11H,7H2,1-2H3,(H,21,23). The molecular formula is C18H16ClN3O3S. The number of halogens is 1. The molecule has 1 atom stereocenters. The average molecular weight is 390 g/mol. The van der Waals surface area contributed by atoms with Crippen molar-refractivity contribution in [3.8, 4) is 6.07 Å². The Bertz CT molecular complexity index is 1040. The SMILES string of the molecule is CC1Cc2cc(C(=O)Nc3ccc(C#N)c(Cl)c3)ccc2N1S(C)(=O)=O. The van der Waals surface area contributed by atoms with E-state index in [0.29, 0.717) is 28.9 Å². The predicted octanol–water partition coefficient (Wildman–Crippen LogP) is 3.17. The van der Waals surface area contributed by atoms with Crippen molar-refractivity contribution in [1.82, 2.24) is 0 Å². The maximum absolute atomic E-state index is 12.5. The van der Waals surface area contributed by atoms with Crippen LogP contribution in [0, 0.1) is 11.3 Å². The van der Waals surface area contributed by atoms with Crippen molar-refractivity contribution in [3.05, 3.63) is 58.1 Å². The van der Waals surface area contributed by atoms with E-state index in [9.17, 15) is 13.2 Å². The number of rotatable bonds is 3. The third-order valence-electron chi connectivity index (χ3n) is 4.20. The largest absolute Gasteiger partial charge is 0.322 e. The van der Waals surface area contributed by atoms with Gasteiger partial charge in [-0.3, -0.25) is 9.10 Å². The number of nitrogens with zero attached hydrogens (tertiary/aromatic N) is 2. The molecule has 1 aliphatic rings. The molecule has 8 heteroatoms. The first-order chi connectivity index (χ1) is 12.2. The van der Waals surface area contributed by atoms with Crippen LogP contribution in [-0.4, -0.2) is 26.6 Å². The Hall–Kier alpha value is -2.56. The number of nitriles is 1. The lowest BCUT2D eigenvalue weighted by Crippen LogP contribution is -2.34. The molecule has 0 radical (unpaired) electrons. The number of carbonyl (C=O) groups excluding carboxylic acids is 1. The van der Waals surface area contributed by atoms with Gasteiger partial charge in [-0.25, -0.2) is 8.42 Å². The van der Waals surface area contributed by atoms with Gasteiger partial charge in [-0.15, -0.1) is 0 Å². The number of hydrogen-bond donors (Lipinski definition) is 1. The van der Waals surface area contributed by atoms with Crippen LogP contribution in [0.25, 0.3) is 0 Å². The zero-order chi connectivity index (χ0) is 19.1. The molecule has 0 aromatic heterocycles. The van der Waals surface area contributed by atoms with E-state index in [1.807, 2.05) is 13.0 Å². The molecule has 0 saturated carbocycles. The number of hydrogen-bond acceptors (Lipinski definition) is 4. The zero-order valence-electron chi connectivity index (χ0n) is 14.2. The van der Waals surface area contributed by atoms with E-state index < -0.39 is 10.0 Å². The topological polar surface area (TPSA) is 90.3 Å². The Kier molecular flexibility index (Phi) is 4.65. The number of carbonyl (C=O) groups is 1. The van der Waals surface area contributed by atoms with E-state index in [2.05, 4.69) is 5.32 Å². The van der Waals surface area contributed by atoms with Crippen molar-refractivity contribution in [1.29, 1.82) is 5.26 Å². The molecule has 0 saturated heterocycles. The molecule has 0 spiro atoms. The molecule has 2 aromatic rings. The summed E-state index contributed by atoms with van der Waals surface area (Å²) in [5.41, 5.74) is 2.65. The van der Waals surface area contributed by atoms with Crippen molar-refractivity contribution in [2.45, 2.75) is 19.4 Å². The smallest absolute Gasteiger partial charge is 0.255 e. The summed E-state index contributed by atoms with van der Waals surface area (Å²) in [5, 5.41) is 11.9. The molecule has 6 nitrogen and oxygen atoms in total. The lowest BCUT2D eigenvalue weighted by molar-refractivity contribution is 0.102. The fourth-order valence-corrected chi connectivity index (χ4v) is 4.62. The van der Waals surface area contributed by atoms with Gasteiger partial charge < -0.3 is 5.32 Å². The summed E-state index contributed by atoms with van der Waals surface area (Å²) in [4.78, 5) is 12.5. The summed E-state index contributed by atoms with van der Waals surface area (Å²) < 4.78 is 25.3. The third-order valence-corrected chi connectivity index (χ3v) is 5.78. The molecule has 1 aliphatic heterocycles. The van der Waals surface area contributed by atoms with Crippen LogP contribution in [0.4, 0.5) is 11.4 Å². The molecule has 0 bridgehead atoms. The molecule has 0 fully saturated rings. The minimum atomic E-state index is -3.37. The average Bonchev–Trinajstić information content (AvgIpc) is 2.89. The van der Waals surface area contributed by atoms with Crippen molar-refractivity contribution in [3.63, 3.8) is 0 Å². The van der Waals surface area contributed by atoms with Gasteiger partial charge in [-0.05, 0) is 55.3 Å². The van der Waals surface area contributed by atoms with E-state index in [0.717, 1.165) is 5.56 Å². The molecule has 1 N–H and O–H groups in total. The van der Waals surface area contributed by atoms with E-state index >= 15 is 0 Å². The highest BCUT2D eigenvalue weighted by Crippen LogP contribution is 2.34. The molecule has 3 rings (SSSR count). The van der Waals surface area contributed by atoms with E-state index in [-0.39, 0.29) is 17.0 Å². The Morgan fingerprint density at radius 1 is 1.31 bits per heavy atom. The van der Waals surface area contributed by atoms with Crippen molar-refractivity contribution >= 4 is 38.9 Å². The fraction of sp³-hybridized carbons (Fsp3) is 0.222. The van der Waals surface area contributed by atoms with Crippen molar-refractivity contribution in [2.75, 3.05) is 15.9 Å². The second-order valence-electron chi connectivity index (χ2n) is 6.22. The molecular weight excluding hydrogens is 374 g/mol. The minimum absolute atomic E-state index is 0.185. The number of benzene rings is 2. The summed E-state index contributed by atoms with van der Waals surface area (Å²) in [6, 6.07) is 11.4. The Morgan fingerprint density at radius 2 is 2.04 bits per heavy atom. The number of amides is 1. The number of fused-ring (bicyclic) bond motifs is 1. The monoisotopic (exact) mass is 389 g/mol. The van der Waals surface area contributed by atoms with Crippen LogP contribution in [0.1, 0.15) is 28.4 Å². The van der Waals surface area contributed by atoms with Gasteiger partial charge in [0.15, 0.2) is 0 Å². The molecule has 1 heterocycles. The van der Waals surface area contributed by atoms with Crippen LogP contribution in [0.3, 0.4) is 0 Å². The molecule has 0 aliphatic carbocycles. The van der Waals surface area contributed by atoms with Crippen LogP contribution >= 0.6 is 11.6 Å². The third kappa shape index (κ3) is 3.39. The summed E-state index contributed by atoms with van der Waals surface area (Å²) in [5.74, 6) is -0.334. The fourth-order valence-electron chi connectivity index (χ4n) is 3.14. The first-order valence-corrected chi connectivity index (χ1v) is 10.1. The normalized spacial score (nSPS) is 16.1. The second kappa shape index (κ2) is 6.63. The maximum Gasteiger partial charge on any atom is 0.255 e. The zero-order valence-corrected chi connectivity index (χ0v) is 15.7. The van der Waals surface area contributed by atoms with Crippen LogP contribution in [0.2, 0.25) is 5.02 Å². The summed E-state index contributed by atoms with van der Waals surface area (Å²) in [6.07, 6.45) is 1.72. The van der Waals surface area contributed by atoms with Crippen molar-refractivity contribution in [2.24, 2.45) is 0 Å². The molecule has 26 heavy (non-hydrogen) atoms. The first kappa shape index (κ1) is 18.2. The summed E-state index contributed by atoms with van der Waals surface area (Å²) in [6.45, 7) is 1.83. The van der Waals surface area contributed by atoms with E-state index in [4.69, 9.17) is 16.9 Å². The van der Waals surface area contributed by atoms with Gasteiger partial charge in [0.05, 0.1) is 22.5 Å². The lowest BCUT2D eigenvalue weighted by Gasteiger charge is -2.21. The van der Waals surface area contributed by atoms with Crippen LogP contribution in [-0.2, 0) is 16.4 Å². The lowest BCUT2D eigenvalue weighted by atomic mass is 10.1. The predicted molar refractivity (Wildman–Crippen MR) is 101 cm³/mol. The number of nitrogens with one attached hydrogen (secondary N) is 1. The van der Waals surface area contributed by atoms with Crippen LogP contribution in [0.5, 0.6) is 0 Å². The number of sulfonamides is 1. The number of anilines is 2. The molecule has 2 aromatic carbocycles. The highest BCUT2D eigenvalue weighted by Gasteiger charge is 2.32. The Morgan fingerprint density at radius 3 is 2.65 bits per heavy atom. The van der Waals surface area contributed by atoms with Crippen LogP contribution < -0.4 is 9.62 Å². The van der Waals surface area contributed by atoms with Gasteiger partial charge in [0.2, 0.25) is 10.0 Å². The highest BCUT2D eigenvalue weighted by atomic mass is 35.5. The highest BCUT2D eigenvalue weighted by molar-refractivity contribution is 7.92. The van der Waals surface area contributed by atoms with Gasteiger partial charge in [-0.2, -0.15) is 5.26 Å². The molecule has 134 valence electrons. The van der Waals surface area contributed by atoms with Gasteiger partial charge >= 0.3 is 0 Å². The van der Waals surface area contributed by atoms with Gasteiger partial charge in [0, 0.05) is 17.3 Å². The van der Waals surface area contributed by atoms with Gasteiger partial charge in [0.1, 0.15) is 6.07 Å². The second-order valence-corrected chi connectivity index (χ2v) is 8.48. The van der Waals surface area contributed by atoms with Crippen LogP contribution in [0.15, 0.2) is 36.4 Å².